The zero-order chi connectivity index (χ0) is 10.7. The van der Waals surface area contributed by atoms with E-state index in [2.05, 4.69) is 39.1 Å². The Kier molecular flexibility index (Phi) is 3.83. The number of furan rings is 1. The summed E-state index contributed by atoms with van der Waals surface area (Å²) in [5, 5.41) is 3.37. The summed E-state index contributed by atoms with van der Waals surface area (Å²) in [5.74, 6) is 1.08. The van der Waals surface area contributed by atoms with Gasteiger partial charge in [0.05, 0.1) is 6.04 Å². The smallest absolute Gasteiger partial charge is 0.169 e. The zero-order valence-corrected chi connectivity index (χ0v) is 10.6. The third-order valence-corrected chi connectivity index (χ3v) is 3.33. The third-order valence-electron chi connectivity index (χ3n) is 2.90. The molecule has 0 saturated carbocycles. The summed E-state index contributed by atoms with van der Waals surface area (Å²) < 4.78 is 6.47. The minimum absolute atomic E-state index is 0.429. The predicted molar refractivity (Wildman–Crippen MR) is 63.9 cm³/mol. The molecule has 1 N–H and O–H groups in total. The molecule has 15 heavy (non-hydrogen) atoms. The molecule has 0 radical (unpaired) electrons. The molecule has 1 atom stereocenters. The highest BCUT2D eigenvalue weighted by molar-refractivity contribution is 9.10. The van der Waals surface area contributed by atoms with Crippen molar-refractivity contribution >= 4 is 15.9 Å². The normalized spacial score (nSPS) is 20.4. The van der Waals surface area contributed by atoms with Crippen LogP contribution in [0.2, 0.25) is 0 Å². The van der Waals surface area contributed by atoms with Crippen molar-refractivity contribution in [1.29, 1.82) is 0 Å². The monoisotopic (exact) mass is 272 g/mol. The molecule has 0 unspecified atom stereocenters. The van der Waals surface area contributed by atoms with E-state index in [-0.39, 0.29) is 0 Å². The molecule has 0 aromatic carbocycles. The zero-order valence-electron chi connectivity index (χ0n) is 9.00. The maximum absolute atomic E-state index is 5.64. The van der Waals surface area contributed by atoms with Crippen LogP contribution in [0.4, 0.5) is 0 Å². The Labute approximate surface area is 99.0 Å². The van der Waals surface area contributed by atoms with Gasteiger partial charge in [-0.3, -0.25) is 4.90 Å². The molecule has 4 heteroatoms. The van der Waals surface area contributed by atoms with E-state index >= 15 is 0 Å². The lowest BCUT2D eigenvalue weighted by Crippen LogP contribution is -2.44. The highest BCUT2D eigenvalue weighted by Gasteiger charge is 2.22. The molecule has 1 saturated heterocycles. The first-order valence-electron chi connectivity index (χ1n) is 5.51. The predicted octanol–water partition coefficient (Wildman–Crippen LogP) is 2.40. The molecule has 2 rings (SSSR count). The quantitative estimate of drug-likeness (QED) is 0.916. The van der Waals surface area contributed by atoms with Gasteiger partial charge < -0.3 is 9.73 Å². The van der Waals surface area contributed by atoms with Gasteiger partial charge in [-0.25, -0.2) is 0 Å². The maximum Gasteiger partial charge on any atom is 0.169 e. The fraction of sp³-hybridized carbons (Fsp3) is 0.636. The second-order valence-corrected chi connectivity index (χ2v) is 4.63. The number of nitrogens with one attached hydrogen (secondary N) is 1. The van der Waals surface area contributed by atoms with Crippen LogP contribution in [0.5, 0.6) is 0 Å². The minimum atomic E-state index is 0.429. The van der Waals surface area contributed by atoms with Crippen LogP contribution in [0, 0.1) is 0 Å². The summed E-state index contributed by atoms with van der Waals surface area (Å²) in [4.78, 5) is 2.49. The molecule has 0 aliphatic carbocycles. The maximum atomic E-state index is 5.64. The van der Waals surface area contributed by atoms with Gasteiger partial charge in [-0.05, 0) is 34.5 Å². The van der Waals surface area contributed by atoms with E-state index in [0.717, 1.165) is 43.0 Å². The first kappa shape index (κ1) is 11.2. The fourth-order valence-corrected chi connectivity index (χ4v) is 2.46. The van der Waals surface area contributed by atoms with Crippen LogP contribution in [0.25, 0.3) is 0 Å². The first-order valence-corrected chi connectivity index (χ1v) is 6.30. The largest absolute Gasteiger partial charge is 0.453 e. The van der Waals surface area contributed by atoms with Crippen LogP contribution >= 0.6 is 15.9 Å². The number of piperazine rings is 1. The molecule has 3 nitrogen and oxygen atoms in total. The van der Waals surface area contributed by atoms with Crippen LogP contribution in [-0.4, -0.2) is 31.1 Å². The van der Waals surface area contributed by atoms with E-state index in [9.17, 15) is 0 Å². The molecule has 0 bridgehead atoms. The summed E-state index contributed by atoms with van der Waals surface area (Å²) in [5.41, 5.74) is 0. The van der Waals surface area contributed by atoms with Gasteiger partial charge in [-0.1, -0.05) is 6.92 Å². The Bertz CT molecular complexity index is 307. The van der Waals surface area contributed by atoms with Gasteiger partial charge in [0, 0.05) is 26.2 Å². The second-order valence-electron chi connectivity index (χ2n) is 3.85. The summed E-state index contributed by atoms with van der Waals surface area (Å²) >= 11 is 3.36. The van der Waals surface area contributed by atoms with E-state index in [1.807, 2.05) is 6.07 Å². The minimum Gasteiger partial charge on any atom is -0.453 e. The van der Waals surface area contributed by atoms with Crippen molar-refractivity contribution in [3.05, 3.63) is 22.6 Å². The van der Waals surface area contributed by atoms with Crippen molar-refractivity contribution < 1.29 is 4.42 Å². The Morgan fingerprint density at radius 1 is 1.47 bits per heavy atom. The van der Waals surface area contributed by atoms with Crippen LogP contribution in [0.15, 0.2) is 21.2 Å². The van der Waals surface area contributed by atoms with E-state index in [0.29, 0.717) is 6.04 Å². The Hall–Kier alpha value is -0.320. The van der Waals surface area contributed by atoms with Crippen LogP contribution in [0.3, 0.4) is 0 Å². The lowest BCUT2D eigenvalue weighted by molar-refractivity contribution is 0.149. The van der Waals surface area contributed by atoms with E-state index in [4.69, 9.17) is 4.42 Å². The van der Waals surface area contributed by atoms with Gasteiger partial charge in [0.2, 0.25) is 0 Å². The van der Waals surface area contributed by atoms with Gasteiger partial charge in [-0.2, -0.15) is 0 Å². The molecule has 1 aliphatic heterocycles. The summed E-state index contributed by atoms with van der Waals surface area (Å²) in [6, 6.07) is 4.47. The Morgan fingerprint density at radius 2 is 2.20 bits per heavy atom. The molecular formula is C11H17BrN2O. The topological polar surface area (TPSA) is 28.4 Å². The highest BCUT2D eigenvalue weighted by atomic mass is 79.9. The van der Waals surface area contributed by atoms with Crippen LogP contribution < -0.4 is 5.32 Å². The summed E-state index contributed by atoms with van der Waals surface area (Å²) in [6.45, 7) is 6.59. The Balaban J connectivity index is 2.08. The summed E-state index contributed by atoms with van der Waals surface area (Å²) in [7, 11) is 0. The first-order chi connectivity index (χ1) is 7.31. The third kappa shape index (κ3) is 2.62. The molecule has 1 aromatic rings. The molecule has 84 valence electrons. The molecule has 2 heterocycles. The lowest BCUT2D eigenvalue weighted by Gasteiger charge is -2.33. The van der Waals surface area contributed by atoms with Gasteiger partial charge in [0.25, 0.3) is 0 Å². The SMILES string of the molecule is CC[C@H](c1ccc(Br)o1)N1CCNCC1. The van der Waals surface area contributed by atoms with E-state index in [1.54, 1.807) is 0 Å². The van der Waals surface area contributed by atoms with Gasteiger partial charge in [0.1, 0.15) is 5.76 Å². The highest BCUT2D eigenvalue weighted by Crippen LogP contribution is 2.27. The van der Waals surface area contributed by atoms with Crippen molar-refractivity contribution in [1.82, 2.24) is 10.2 Å². The Morgan fingerprint density at radius 3 is 2.73 bits per heavy atom. The molecule has 0 amide bonds. The standard InChI is InChI=1S/C11H17BrN2O/c1-2-9(10-3-4-11(12)15-10)14-7-5-13-6-8-14/h3-4,9,13H,2,5-8H2,1H3/t9-/m1/s1. The van der Waals surface area contributed by atoms with Crippen LogP contribution in [-0.2, 0) is 0 Å². The van der Waals surface area contributed by atoms with Crippen molar-refractivity contribution in [2.24, 2.45) is 0 Å². The fourth-order valence-electron chi connectivity index (χ4n) is 2.14. The van der Waals surface area contributed by atoms with Gasteiger partial charge in [0.15, 0.2) is 4.67 Å². The van der Waals surface area contributed by atoms with Crippen LogP contribution in [0.1, 0.15) is 25.1 Å². The lowest BCUT2D eigenvalue weighted by atomic mass is 10.1. The molecule has 1 fully saturated rings. The average Bonchev–Trinajstić information content (AvgIpc) is 2.68. The molecular weight excluding hydrogens is 256 g/mol. The van der Waals surface area contributed by atoms with Crippen molar-refractivity contribution in [3.8, 4) is 0 Å². The number of hydrogen-bond donors (Lipinski definition) is 1. The average molecular weight is 273 g/mol. The van der Waals surface area contributed by atoms with E-state index in [1.165, 1.54) is 0 Å². The molecule has 1 aromatic heterocycles. The van der Waals surface area contributed by atoms with E-state index < -0.39 is 0 Å². The van der Waals surface area contributed by atoms with Crippen molar-refractivity contribution in [2.75, 3.05) is 26.2 Å². The second kappa shape index (κ2) is 5.14. The number of hydrogen-bond acceptors (Lipinski definition) is 3. The van der Waals surface area contributed by atoms with Gasteiger partial charge in [-0.15, -0.1) is 0 Å². The summed E-state index contributed by atoms with van der Waals surface area (Å²) in [6.07, 6.45) is 1.10. The molecule has 1 aliphatic rings. The number of halogens is 1. The van der Waals surface area contributed by atoms with Crippen molar-refractivity contribution in [2.45, 2.75) is 19.4 Å². The number of rotatable bonds is 3. The number of nitrogens with zero attached hydrogens (tertiary/aromatic N) is 1. The molecule has 0 spiro atoms. The van der Waals surface area contributed by atoms with Gasteiger partial charge >= 0.3 is 0 Å². The van der Waals surface area contributed by atoms with Crippen molar-refractivity contribution in [3.63, 3.8) is 0 Å².